The second kappa shape index (κ2) is 7.96. The van der Waals surface area contributed by atoms with E-state index in [0.717, 1.165) is 41.7 Å². The Morgan fingerprint density at radius 3 is 2.42 bits per heavy atom. The van der Waals surface area contributed by atoms with Crippen LogP contribution in [-0.2, 0) is 0 Å². The quantitative estimate of drug-likeness (QED) is 0.778. The van der Waals surface area contributed by atoms with Gasteiger partial charge in [0.15, 0.2) is 16.6 Å². The Balaban J connectivity index is 1.83. The van der Waals surface area contributed by atoms with Gasteiger partial charge in [0.25, 0.3) is 0 Å². The number of hydrogen-bond acceptors (Lipinski definition) is 3. The zero-order valence-electron chi connectivity index (χ0n) is 15.8. The predicted octanol–water partition coefficient (Wildman–Crippen LogP) is 4.85. The first-order chi connectivity index (χ1) is 12.5. The minimum absolute atomic E-state index is 0.249. The van der Waals surface area contributed by atoms with Gasteiger partial charge in [-0.2, -0.15) is 0 Å². The summed E-state index contributed by atoms with van der Waals surface area (Å²) in [5.41, 5.74) is 4.71. The predicted molar refractivity (Wildman–Crippen MR) is 110 cm³/mol. The van der Waals surface area contributed by atoms with E-state index >= 15 is 0 Å². The van der Waals surface area contributed by atoms with E-state index in [-0.39, 0.29) is 6.04 Å². The lowest BCUT2D eigenvalue weighted by Gasteiger charge is -2.29. The average molecular weight is 371 g/mol. The molecule has 138 valence electrons. The van der Waals surface area contributed by atoms with E-state index in [2.05, 4.69) is 54.4 Å². The molecule has 2 aromatic rings. The number of ether oxygens (including phenoxy) is 2. The maximum Gasteiger partial charge on any atom is 0.173 e. The SMILES string of the molecule is COc1ccc([C@@H]2CCCN2C(=S)Nc2c(C)cccc2C)cc1OC. The van der Waals surface area contributed by atoms with Crippen LogP contribution < -0.4 is 14.8 Å². The third kappa shape index (κ3) is 3.63. The molecule has 0 saturated carbocycles. The molecule has 5 heteroatoms. The minimum atomic E-state index is 0.249. The molecule has 1 aliphatic rings. The maximum absolute atomic E-state index is 5.76. The highest BCUT2D eigenvalue weighted by Crippen LogP contribution is 2.37. The van der Waals surface area contributed by atoms with E-state index < -0.39 is 0 Å². The molecule has 0 radical (unpaired) electrons. The molecule has 0 aliphatic carbocycles. The summed E-state index contributed by atoms with van der Waals surface area (Å²) in [5, 5.41) is 4.25. The Bertz CT molecular complexity index is 786. The van der Waals surface area contributed by atoms with Crippen molar-refractivity contribution in [1.82, 2.24) is 4.90 Å². The molecule has 1 N–H and O–H groups in total. The highest BCUT2D eigenvalue weighted by molar-refractivity contribution is 7.80. The van der Waals surface area contributed by atoms with Crippen molar-refractivity contribution in [3.05, 3.63) is 53.1 Å². The van der Waals surface area contributed by atoms with Crippen molar-refractivity contribution in [3.63, 3.8) is 0 Å². The zero-order chi connectivity index (χ0) is 18.7. The number of hydrogen-bond donors (Lipinski definition) is 1. The molecule has 3 rings (SSSR count). The van der Waals surface area contributed by atoms with E-state index in [9.17, 15) is 0 Å². The molecule has 0 aromatic heterocycles. The van der Waals surface area contributed by atoms with Gasteiger partial charge in [0.2, 0.25) is 0 Å². The lowest BCUT2D eigenvalue weighted by molar-refractivity contribution is 0.351. The molecule has 0 spiro atoms. The molecule has 1 atom stereocenters. The number of para-hydroxylation sites is 1. The van der Waals surface area contributed by atoms with Crippen LogP contribution in [0.1, 0.15) is 35.6 Å². The molecule has 26 heavy (non-hydrogen) atoms. The molecular weight excluding hydrogens is 344 g/mol. The van der Waals surface area contributed by atoms with Crippen LogP contribution in [0, 0.1) is 13.8 Å². The summed E-state index contributed by atoms with van der Waals surface area (Å²) in [6.07, 6.45) is 2.19. The van der Waals surface area contributed by atoms with Crippen LogP contribution in [0.3, 0.4) is 0 Å². The van der Waals surface area contributed by atoms with Gasteiger partial charge in [-0.25, -0.2) is 0 Å². The van der Waals surface area contributed by atoms with Gasteiger partial charge in [-0.1, -0.05) is 24.3 Å². The first kappa shape index (κ1) is 18.5. The molecule has 0 bridgehead atoms. The first-order valence-electron chi connectivity index (χ1n) is 8.91. The van der Waals surface area contributed by atoms with E-state index in [1.807, 2.05) is 6.07 Å². The summed E-state index contributed by atoms with van der Waals surface area (Å²) < 4.78 is 10.8. The van der Waals surface area contributed by atoms with E-state index in [1.54, 1.807) is 14.2 Å². The summed E-state index contributed by atoms with van der Waals surface area (Å²) >= 11 is 5.76. The smallest absolute Gasteiger partial charge is 0.173 e. The summed E-state index contributed by atoms with van der Waals surface area (Å²) in [6.45, 7) is 5.16. The van der Waals surface area contributed by atoms with Crippen LogP contribution in [0.25, 0.3) is 0 Å². The number of nitrogens with one attached hydrogen (secondary N) is 1. The van der Waals surface area contributed by atoms with E-state index in [1.165, 1.54) is 16.7 Å². The minimum Gasteiger partial charge on any atom is -0.493 e. The Kier molecular flexibility index (Phi) is 5.67. The van der Waals surface area contributed by atoms with Crippen LogP contribution in [0.4, 0.5) is 5.69 Å². The van der Waals surface area contributed by atoms with Crippen LogP contribution in [0.15, 0.2) is 36.4 Å². The molecule has 0 unspecified atom stereocenters. The largest absolute Gasteiger partial charge is 0.493 e. The second-order valence-corrected chi connectivity index (χ2v) is 7.05. The van der Waals surface area contributed by atoms with Crippen molar-refractivity contribution in [1.29, 1.82) is 0 Å². The Morgan fingerprint density at radius 2 is 1.77 bits per heavy atom. The van der Waals surface area contributed by atoms with Gasteiger partial charge in [-0.05, 0) is 67.7 Å². The molecule has 1 saturated heterocycles. The molecule has 1 aliphatic heterocycles. The zero-order valence-corrected chi connectivity index (χ0v) is 16.7. The number of likely N-dealkylation sites (tertiary alicyclic amines) is 1. The third-order valence-corrected chi connectivity index (χ3v) is 5.36. The molecule has 4 nitrogen and oxygen atoms in total. The summed E-state index contributed by atoms with van der Waals surface area (Å²) in [5.74, 6) is 1.50. The molecule has 1 fully saturated rings. The van der Waals surface area contributed by atoms with Crippen LogP contribution in [-0.4, -0.2) is 30.8 Å². The van der Waals surface area contributed by atoms with Gasteiger partial charge < -0.3 is 19.7 Å². The fourth-order valence-corrected chi connectivity index (χ4v) is 3.93. The van der Waals surface area contributed by atoms with Gasteiger partial charge >= 0.3 is 0 Å². The Morgan fingerprint density at radius 1 is 1.08 bits per heavy atom. The van der Waals surface area contributed by atoms with Crippen molar-refractivity contribution in [3.8, 4) is 11.5 Å². The number of methoxy groups -OCH3 is 2. The second-order valence-electron chi connectivity index (χ2n) is 6.66. The fraction of sp³-hybridized carbons (Fsp3) is 0.381. The van der Waals surface area contributed by atoms with Crippen molar-refractivity contribution >= 4 is 23.0 Å². The Labute approximate surface area is 161 Å². The summed E-state index contributed by atoms with van der Waals surface area (Å²) in [7, 11) is 3.32. The van der Waals surface area contributed by atoms with Crippen LogP contribution in [0.5, 0.6) is 11.5 Å². The highest BCUT2D eigenvalue weighted by Gasteiger charge is 2.29. The van der Waals surface area contributed by atoms with Gasteiger partial charge in [0.1, 0.15) is 0 Å². The maximum atomic E-state index is 5.76. The molecule has 2 aromatic carbocycles. The van der Waals surface area contributed by atoms with Gasteiger partial charge in [-0.15, -0.1) is 0 Å². The fourth-order valence-electron chi connectivity index (χ4n) is 3.61. The lowest BCUT2D eigenvalue weighted by Crippen LogP contribution is -2.34. The van der Waals surface area contributed by atoms with Crippen molar-refractivity contribution < 1.29 is 9.47 Å². The average Bonchev–Trinajstić information content (AvgIpc) is 3.14. The van der Waals surface area contributed by atoms with Crippen molar-refractivity contribution in [2.24, 2.45) is 0 Å². The van der Waals surface area contributed by atoms with Gasteiger partial charge in [-0.3, -0.25) is 0 Å². The summed E-state index contributed by atoms with van der Waals surface area (Å²) in [4.78, 5) is 2.28. The molecule has 1 heterocycles. The van der Waals surface area contributed by atoms with Crippen LogP contribution in [0.2, 0.25) is 0 Å². The van der Waals surface area contributed by atoms with Crippen LogP contribution >= 0.6 is 12.2 Å². The van der Waals surface area contributed by atoms with Gasteiger partial charge in [0.05, 0.1) is 20.3 Å². The number of benzene rings is 2. The highest BCUT2D eigenvalue weighted by atomic mass is 32.1. The standard InChI is InChI=1S/C21H26N2O2S/c1-14-7-5-8-15(2)20(14)22-21(26)23-12-6-9-17(23)16-10-11-18(24-3)19(13-16)25-4/h5,7-8,10-11,13,17H,6,9,12H2,1-4H3,(H,22,26)/t17-/m0/s1. The van der Waals surface area contributed by atoms with Crippen molar-refractivity contribution in [2.45, 2.75) is 32.7 Å². The molecular formula is C21H26N2O2S. The summed E-state index contributed by atoms with van der Waals surface area (Å²) in [6, 6.07) is 12.7. The lowest BCUT2D eigenvalue weighted by atomic mass is 10.0. The third-order valence-electron chi connectivity index (χ3n) is 5.02. The van der Waals surface area contributed by atoms with E-state index in [0.29, 0.717) is 0 Å². The normalized spacial score (nSPS) is 16.5. The topological polar surface area (TPSA) is 33.7 Å². The number of aryl methyl sites for hydroxylation is 2. The molecule has 0 amide bonds. The van der Waals surface area contributed by atoms with E-state index in [4.69, 9.17) is 21.7 Å². The first-order valence-corrected chi connectivity index (χ1v) is 9.31. The number of thiocarbonyl (C=S) groups is 1. The Hall–Kier alpha value is -2.27. The monoisotopic (exact) mass is 370 g/mol. The van der Waals surface area contributed by atoms with Crippen molar-refractivity contribution in [2.75, 3.05) is 26.1 Å². The number of anilines is 1. The van der Waals surface area contributed by atoms with Gasteiger partial charge in [0, 0.05) is 12.2 Å². The number of rotatable bonds is 4. The number of nitrogens with zero attached hydrogens (tertiary/aromatic N) is 1.